The van der Waals surface area contributed by atoms with Crippen LogP contribution >= 0.6 is 12.2 Å². The first-order valence-electron chi connectivity index (χ1n) is 5.93. The molecule has 102 valence electrons. The van der Waals surface area contributed by atoms with E-state index in [-0.39, 0.29) is 4.90 Å². The first kappa shape index (κ1) is 14.0. The molecule has 0 saturated heterocycles. The van der Waals surface area contributed by atoms with Crippen LogP contribution in [0.1, 0.15) is 18.9 Å². The number of fused-ring (bicyclic) bond motifs is 1. The summed E-state index contributed by atoms with van der Waals surface area (Å²) in [6, 6.07) is 6.83. The molecule has 0 atom stereocenters. The average molecular weight is 297 g/mol. The zero-order chi connectivity index (χ0) is 14.0. The van der Waals surface area contributed by atoms with Gasteiger partial charge in [0.05, 0.1) is 4.99 Å². The van der Waals surface area contributed by atoms with E-state index in [1.807, 2.05) is 11.8 Å². The van der Waals surface area contributed by atoms with Gasteiger partial charge in [-0.1, -0.05) is 24.4 Å². The molecule has 0 spiro atoms. The van der Waals surface area contributed by atoms with Gasteiger partial charge >= 0.3 is 0 Å². The third kappa shape index (κ3) is 2.76. The first-order valence-corrected chi connectivity index (χ1v) is 7.78. The molecule has 1 aliphatic heterocycles. The summed E-state index contributed by atoms with van der Waals surface area (Å²) in [7, 11) is -3.57. The van der Waals surface area contributed by atoms with Crippen molar-refractivity contribution in [1.29, 1.82) is 0 Å². The van der Waals surface area contributed by atoms with Crippen LogP contribution in [0.25, 0.3) is 0 Å². The van der Waals surface area contributed by atoms with Gasteiger partial charge in [-0.05, 0) is 19.1 Å². The van der Waals surface area contributed by atoms with Crippen LogP contribution in [-0.4, -0.2) is 37.2 Å². The van der Waals surface area contributed by atoms with Crippen LogP contribution in [0, 0.1) is 0 Å². The minimum Gasteiger partial charge on any atom is -0.393 e. The number of hydrogen-bond donors (Lipinski definition) is 1. The van der Waals surface area contributed by atoms with Gasteiger partial charge in [-0.15, -0.1) is 4.40 Å². The fraction of sp³-hybridized carbons (Fsp3) is 0.333. The topological polar surface area (TPSA) is 75.8 Å². The molecule has 1 heterocycles. The summed E-state index contributed by atoms with van der Waals surface area (Å²) in [6.45, 7) is 3.15. The third-order valence-electron chi connectivity index (χ3n) is 2.92. The Balaban J connectivity index is 2.37. The fourth-order valence-electron chi connectivity index (χ4n) is 1.98. The molecule has 2 N–H and O–H groups in total. The second-order valence-electron chi connectivity index (χ2n) is 4.18. The molecule has 0 radical (unpaired) electrons. The van der Waals surface area contributed by atoms with Crippen LogP contribution in [0.3, 0.4) is 0 Å². The summed E-state index contributed by atoms with van der Waals surface area (Å²) < 4.78 is 27.8. The quantitative estimate of drug-likeness (QED) is 0.843. The van der Waals surface area contributed by atoms with Crippen molar-refractivity contribution in [3.8, 4) is 0 Å². The Kier molecular flexibility index (Phi) is 3.86. The molecule has 0 unspecified atom stereocenters. The van der Waals surface area contributed by atoms with Crippen molar-refractivity contribution in [3.63, 3.8) is 0 Å². The van der Waals surface area contributed by atoms with E-state index < -0.39 is 10.0 Å². The van der Waals surface area contributed by atoms with E-state index in [4.69, 9.17) is 18.0 Å². The molecular formula is C12H15N3O2S2. The number of amidine groups is 1. The molecule has 1 aliphatic rings. The van der Waals surface area contributed by atoms with Crippen molar-refractivity contribution in [1.82, 2.24) is 4.90 Å². The molecule has 0 aromatic heterocycles. The van der Waals surface area contributed by atoms with Crippen LogP contribution in [0.15, 0.2) is 33.6 Å². The number of rotatable bonds is 4. The maximum atomic E-state index is 12.0. The lowest BCUT2D eigenvalue weighted by Gasteiger charge is -2.22. The molecule has 0 bridgehead atoms. The largest absolute Gasteiger partial charge is 0.393 e. The minimum atomic E-state index is -3.57. The van der Waals surface area contributed by atoms with E-state index in [1.54, 1.807) is 24.3 Å². The Labute approximate surface area is 118 Å². The van der Waals surface area contributed by atoms with Crippen LogP contribution < -0.4 is 5.73 Å². The van der Waals surface area contributed by atoms with Crippen molar-refractivity contribution in [2.75, 3.05) is 13.1 Å². The highest BCUT2D eigenvalue weighted by Crippen LogP contribution is 2.27. The summed E-state index contributed by atoms with van der Waals surface area (Å²) in [4.78, 5) is 2.55. The van der Waals surface area contributed by atoms with Gasteiger partial charge in [0.15, 0.2) is 5.84 Å². The van der Waals surface area contributed by atoms with E-state index in [2.05, 4.69) is 4.40 Å². The Bertz CT molecular complexity index is 638. The van der Waals surface area contributed by atoms with Crippen LogP contribution in [0.5, 0.6) is 0 Å². The monoisotopic (exact) mass is 297 g/mol. The molecule has 2 rings (SSSR count). The Morgan fingerprint density at radius 2 is 2.11 bits per heavy atom. The normalized spacial score (nSPS) is 15.7. The summed E-state index contributed by atoms with van der Waals surface area (Å²) in [6.07, 6.45) is 0.532. The van der Waals surface area contributed by atoms with Gasteiger partial charge in [-0.25, -0.2) is 0 Å². The number of benzene rings is 1. The SMILES string of the molecule is CCN(CCC(N)=S)C1=NS(=O)(=O)c2ccccc21. The van der Waals surface area contributed by atoms with Gasteiger partial charge in [-0.2, -0.15) is 8.42 Å². The summed E-state index contributed by atoms with van der Waals surface area (Å²) in [5.74, 6) is 0.481. The van der Waals surface area contributed by atoms with Crippen molar-refractivity contribution < 1.29 is 8.42 Å². The molecular weight excluding hydrogens is 282 g/mol. The highest BCUT2D eigenvalue weighted by Gasteiger charge is 2.30. The number of sulfonamides is 1. The van der Waals surface area contributed by atoms with Crippen molar-refractivity contribution in [2.45, 2.75) is 18.2 Å². The lowest BCUT2D eigenvalue weighted by molar-refractivity contribution is 0.455. The average Bonchev–Trinajstić information content (AvgIpc) is 2.63. The van der Waals surface area contributed by atoms with Crippen molar-refractivity contribution >= 4 is 33.1 Å². The second kappa shape index (κ2) is 5.26. The molecule has 0 fully saturated rings. The van der Waals surface area contributed by atoms with Crippen LogP contribution in [-0.2, 0) is 10.0 Å². The van der Waals surface area contributed by atoms with E-state index in [0.29, 0.717) is 35.9 Å². The molecule has 0 saturated carbocycles. The lowest BCUT2D eigenvalue weighted by atomic mass is 10.2. The van der Waals surface area contributed by atoms with E-state index in [9.17, 15) is 8.42 Å². The van der Waals surface area contributed by atoms with E-state index >= 15 is 0 Å². The molecule has 1 aromatic carbocycles. The third-order valence-corrected chi connectivity index (χ3v) is 4.45. The minimum absolute atomic E-state index is 0.263. The van der Waals surface area contributed by atoms with Gasteiger partial charge in [0.25, 0.3) is 10.0 Å². The van der Waals surface area contributed by atoms with Gasteiger partial charge in [0.2, 0.25) is 0 Å². The Morgan fingerprint density at radius 3 is 2.74 bits per heavy atom. The highest BCUT2D eigenvalue weighted by atomic mass is 32.2. The molecule has 7 heteroatoms. The molecule has 0 aliphatic carbocycles. The first-order chi connectivity index (χ1) is 8.95. The lowest BCUT2D eigenvalue weighted by Crippen LogP contribution is -2.33. The van der Waals surface area contributed by atoms with Crippen molar-refractivity contribution in [3.05, 3.63) is 29.8 Å². The predicted octanol–water partition coefficient (Wildman–Crippen LogP) is 1.13. The maximum Gasteiger partial charge on any atom is 0.285 e. The number of thiocarbonyl (C=S) groups is 1. The standard InChI is InChI=1S/C12H15N3O2S2/c1-2-15(8-7-11(13)18)12-9-5-3-4-6-10(9)19(16,17)14-12/h3-6H,2,7-8H2,1H3,(H2,13,18). The Morgan fingerprint density at radius 1 is 1.42 bits per heavy atom. The van der Waals surface area contributed by atoms with E-state index in [0.717, 1.165) is 0 Å². The smallest absolute Gasteiger partial charge is 0.285 e. The zero-order valence-corrected chi connectivity index (χ0v) is 12.2. The van der Waals surface area contributed by atoms with E-state index in [1.165, 1.54) is 0 Å². The molecule has 5 nitrogen and oxygen atoms in total. The predicted molar refractivity (Wildman–Crippen MR) is 78.8 cm³/mol. The maximum absolute atomic E-state index is 12.0. The molecule has 1 aromatic rings. The van der Waals surface area contributed by atoms with Crippen LogP contribution in [0.4, 0.5) is 0 Å². The summed E-state index contributed by atoms with van der Waals surface area (Å²) in [5, 5.41) is 0. The summed E-state index contributed by atoms with van der Waals surface area (Å²) in [5.41, 5.74) is 6.13. The molecule has 0 amide bonds. The number of nitrogens with zero attached hydrogens (tertiary/aromatic N) is 2. The fourth-order valence-corrected chi connectivity index (χ4v) is 3.29. The van der Waals surface area contributed by atoms with Gasteiger partial charge < -0.3 is 10.6 Å². The number of nitrogens with two attached hydrogens (primary N) is 1. The van der Waals surface area contributed by atoms with Crippen LogP contribution in [0.2, 0.25) is 0 Å². The summed E-state index contributed by atoms with van der Waals surface area (Å²) >= 11 is 4.85. The Hall–Kier alpha value is -1.47. The van der Waals surface area contributed by atoms with Gasteiger partial charge in [-0.3, -0.25) is 0 Å². The number of hydrogen-bond acceptors (Lipinski definition) is 4. The second-order valence-corrected chi connectivity index (χ2v) is 6.28. The highest BCUT2D eigenvalue weighted by molar-refractivity contribution is 7.90. The van der Waals surface area contributed by atoms with Crippen molar-refractivity contribution in [2.24, 2.45) is 10.1 Å². The van der Waals surface area contributed by atoms with Gasteiger partial charge in [0.1, 0.15) is 4.90 Å². The zero-order valence-electron chi connectivity index (χ0n) is 10.5. The van der Waals surface area contributed by atoms with Gasteiger partial charge in [0, 0.05) is 25.1 Å². The molecule has 19 heavy (non-hydrogen) atoms.